The van der Waals surface area contributed by atoms with Gasteiger partial charge in [-0.25, -0.2) is 4.98 Å². The average molecular weight is 348 g/mol. The van der Waals surface area contributed by atoms with Gasteiger partial charge in [-0.05, 0) is 45.8 Å². The number of nitrogens with two attached hydrogens (primary N) is 1. The lowest BCUT2D eigenvalue weighted by molar-refractivity contribution is 0.0778. The van der Waals surface area contributed by atoms with Crippen molar-refractivity contribution in [1.29, 1.82) is 0 Å². The normalized spacial score (nSPS) is 10.2. The van der Waals surface area contributed by atoms with Crippen LogP contribution < -0.4 is 5.73 Å². The van der Waals surface area contributed by atoms with Crippen molar-refractivity contribution in [3.8, 4) is 0 Å². The fourth-order valence-electron chi connectivity index (χ4n) is 1.84. The second-order valence-electron chi connectivity index (χ2n) is 4.56. The van der Waals surface area contributed by atoms with E-state index in [1.54, 1.807) is 54.5 Å². The first-order chi connectivity index (χ1) is 9.99. The van der Waals surface area contributed by atoms with Gasteiger partial charge in [-0.3, -0.25) is 9.59 Å². The minimum absolute atomic E-state index is 0.179. The van der Waals surface area contributed by atoms with Crippen molar-refractivity contribution in [3.05, 3.63) is 63.9 Å². The maximum absolute atomic E-state index is 12.3. The van der Waals surface area contributed by atoms with Crippen molar-refractivity contribution in [2.45, 2.75) is 6.54 Å². The summed E-state index contributed by atoms with van der Waals surface area (Å²) in [5.41, 5.74) is 6.91. The van der Waals surface area contributed by atoms with E-state index in [4.69, 9.17) is 5.73 Å². The van der Waals surface area contributed by atoms with E-state index in [1.807, 2.05) is 0 Å². The summed E-state index contributed by atoms with van der Waals surface area (Å²) in [7, 11) is 1.70. The molecule has 0 bridgehead atoms. The zero-order valence-electron chi connectivity index (χ0n) is 11.4. The van der Waals surface area contributed by atoms with E-state index in [2.05, 4.69) is 20.9 Å². The van der Waals surface area contributed by atoms with E-state index in [9.17, 15) is 9.59 Å². The summed E-state index contributed by atoms with van der Waals surface area (Å²) < 4.78 is 0.658. The molecule has 0 unspecified atom stereocenters. The number of hydrogen-bond acceptors (Lipinski definition) is 3. The second kappa shape index (κ2) is 6.49. The molecule has 108 valence electrons. The molecule has 2 N–H and O–H groups in total. The van der Waals surface area contributed by atoms with Gasteiger partial charge >= 0.3 is 0 Å². The van der Waals surface area contributed by atoms with Crippen LogP contribution in [-0.4, -0.2) is 28.7 Å². The predicted octanol–water partition coefficient (Wildman–Crippen LogP) is 2.22. The van der Waals surface area contributed by atoms with Gasteiger partial charge in [0.25, 0.3) is 5.91 Å². The van der Waals surface area contributed by atoms with Crippen LogP contribution in [0.1, 0.15) is 26.4 Å². The smallest absolute Gasteiger partial charge is 0.273 e. The van der Waals surface area contributed by atoms with Gasteiger partial charge in [0.15, 0.2) is 0 Å². The van der Waals surface area contributed by atoms with Crippen molar-refractivity contribution in [3.63, 3.8) is 0 Å². The molecule has 6 heteroatoms. The Morgan fingerprint density at radius 2 is 1.90 bits per heavy atom. The first kappa shape index (κ1) is 15.2. The van der Waals surface area contributed by atoms with Crippen molar-refractivity contribution in [2.24, 2.45) is 5.73 Å². The van der Waals surface area contributed by atoms with Gasteiger partial charge in [0, 0.05) is 29.8 Å². The van der Waals surface area contributed by atoms with Crippen LogP contribution in [0, 0.1) is 0 Å². The number of carbonyl (C=O) groups is 2. The average Bonchev–Trinajstić information content (AvgIpc) is 2.47. The Labute approximate surface area is 130 Å². The van der Waals surface area contributed by atoms with E-state index >= 15 is 0 Å². The zero-order chi connectivity index (χ0) is 15.4. The number of halogens is 1. The Kier molecular flexibility index (Phi) is 4.70. The van der Waals surface area contributed by atoms with Crippen LogP contribution in [0.5, 0.6) is 0 Å². The zero-order valence-corrected chi connectivity index (χ0v) is 13.0. The number of primary amides is 1. The maximum atomic E-state index is 12.3. The molecule has 1 aromatic heterocycles. The van der Waals surface area contributed by atoms with Gasteiger partial charge in [-0.2, -0.15) is 0 Å². The van der Waals surface area contributed by atoms with Crippen LogP contribution in [-0.2, 0) is 6.54 Å². The fraction of sp³-hybridized carbons (Fsp3) is 0.133. The first-order valence-electron chi connectivity index (χ1n) is 6.24. The molecule has 0 spiro atoms. The number of rotatable bonds is 4. The summed E-state index contributed by atoms with van der Waals surface area (Å²) in [4.78, 5) is 29.0. The van der Waals surface area contributed by atoms with Gasteiger partial charge in [0.1, 0.15) is 5.69 Å². The first-order valence-corrected chi connectivity index (χ1v) is 7.03. The lowest BCUT2D eigenvalue weighted by atomic mass is 10.1. The van der Waals surface area contributed by atoms with Gasteiger partial charge in [0.05, 0.1) is 0 Å². The molecule has 0 aliphatic rings. The fourth-order valence-corrected chi connectivity index (χ4v) is 2.27. The van der Waals surface area contributed by atoms with Crippen LogP contribution >= 0.6 is 15.9 Å². The highest BCUT2D eigenvalue weighted by molar-refractivity contribution is 9.10. The molecule has 0 aliphatic carbocycles. The Balaban J connectivity index is 2.10. The molecule has 2 aromatic rings. The highest BCUT2D eigenvalue weighted by atomic mass is 79.9. The quantitative estimate of drug-likeness (QED) is 0.920. The number of hydrogen-bond donors (Lipinski definition) is 1. The lowest BCUT2D eigenvalue weighted by Gasteiger charge is -2.17. The molecular weight excluding hydrogens is 334 g/mol. The van der Waals surface area contributed by atoms with Crippen LogP contribution in [0.3, 0.4) is 0 Å². The molecule has 2 rings (SSSR count). The SMILES string of the molecule is CN(Cc1ccc(C(N)=O)cc1)C(=O)c1ncccc1Br. The third-order valence-corrected chi connectivity index (χ3v) is 3.61. The van der Waals surface area contributed by atoms with Gasteiger partial charge in [0.2, 0.25) is 5.91 Å². The molecule has 1 aromatic carbocycles. The van der Waals surface area contributed by atoms with Crippen LogP contribution in [0.25, 0.3) is 0 Å². The van der Waals surface area contributed by atoms with E-state index < -0.39 is 5.91 Å². The van der Waals surface area contributed by atoms with Gasteiger partial charge < -0.3 is 10.6 Å². The number of carbonyl (C=O) groups excluding carboxylic acids is 2. The molecule has 5 nitrogen and oxygen atoms in total. The minimum Gasteiger partial charge on any atom is -0.366 e. The summed E-state index contributed by atoms with van der Waals surface area (Å²) in [6.07, 6.45) is 1.58. The molecular formula is C15H14BrN3O2. The Morgan fingerprint density at radius 3 is 2.48 bits per heavy atom. The summed E-state index contributed by atoms with van der Waals surface area (Å²) >= 11 is 3.31. The number of amides is 2. The molecule has 0 aliphatic heterocycles. The lowest BCUT2D eigenvalue weighted by Crippen LogP contribution is -2.27. The Hall–Kier alpha value is -2.21. The molecule has 0 saturated carbocycles. The van der Waals surface area contributed by atoms with E-state index in [0.717, 1.165) is 5.56 Å². The summed E-state index contributed by atoms with van der Waals surface area (Å²) in [5.74, 6) is -0.648. The molecule has 0 fully saturated rings. The van der Waals surface area contributed by atoms with Crippen molar-refractivity contribution in [1.82, 2.24) is 9.88 Å². The molecule has 0 radical (unpaired) electrons. The third kappa shape index (κ3) is 3.66. The monoisotopic (exact) mass is 347 g/mol. The number of aromatic nitrogens is 1. The third-order valence-electron chi connectivity index (χ3n) is 2.97. The molecule has 0 atom stereocenters. The largest absolute Gasteiger partial charge is 0.366 e. The number of benzene rings is 1. The predicted molar refractivity (Wildman–Crippen MR) is 82.7 cm³/mol. The number of nitrogens with zero attached hydrogens (tertiary/aromatic N) is 2. The standard InChI is InChI=1S/C15H14BrN3O2/c1-19(15(21)13-12(16)3-2-8-18-13)9-10-4-6-11(7-5-10)14(17)20/h2-8H,9H2,1H3,(H2,17,20). The molecule has 0 saturated heterocycles. The van der Waals surface area contributed by atoms with E-state index in [-0.39, 0.29) is 5.91 Å². The van der Waals surface area contributed by atoms with Crippen LogP contribution in [0.2, 0.25) is 0 Å². The Morgan fingerprint density at radius 1 is 1.24 bits per heavy atom. The van der Waals surface area contributed by atoms with Crippen LogP contribution in [0.4, 0.5) is 0 Å². The van der Waals surface area contributed by atoms with Crippen molar-refractivity contribution in [2.75, 3.05) is 7.05 Å². The van der Waals surface area contributed by atoms with E-state index in [0.29, 0.717) is 22.3 Å². The topological polar surface area (TPSA) is 76.3 Å². The maximum Gasteiger partial charge on any atom is 0.273 e. The highest BCUT2D eigenvalue weighted by Crippen LogP contribution is 2.16. The second-order valence-corrected chi connectivity index (χ2v) is 5.41. The summed E-state index contributed by atoms with van der Waals surface area (Å²) in [6.45, 7) is 0.418. The summed E-state index contributed by atoms with van der Waals surface area (Å²) in [6, 6.07) is 10.4. The van der Waals surface area contributed by atoms with Crippen molar-refractivity contribution >= 4 is 27.7 Å². The number of pyridine rings is 1. The highest BCUT2D eigenvalue weighted by Gasteiger charge is 2.16. The van der Waals surface area contributed by atoms with Crippen LogP contribution in [0.15, 0.2) is 47.1 Å². The summed E-state index contributed by atoms with van der Waals surface area (Å²) in [5, 5.41) is 0. The molecule has 1 heterocycles. The van der Waals surface area contributed by atoms with E-state index in [1.165, 1.54) is 0 Å². The Bertz CT molecular complexity index is 671. The van der Waals surface area contributed by atoms with Gasteiger partial charge in [-0.1, -0.05) is 12.1 Å². The molecule has 21 heavy (non-hydrogen) atoms. The van der Waals surface area contributed by atoms with Gasteiger partial charge in [-0.15, -0.1) is 0 Å². The minimum atomic E-state index is -0.469. The van der Waals surface area contributed by atoms with Crippen molar-refractivity contribution < 1.29 is 9.59 Å². The molecule has 2 amide bonds.